The molecule has 0 spiro atoms. The molecule has 2 aliphatic rings. The van der Waals surface area contributed by atoms with E-state index in [2.05, 4.69) is 5.32 Å². The maximum atomic E-state index is 12.7. The first-order valence-corrected chi connectivity index (χ1v) is 9.18. The van der Waals surface area contributed by atoms with E-state index >= 15 is 0 Å². The highest BCUT2D eigenvalue weighted by molar-refractivity contribution is 5.97. The largest absolute Gasteiger partial charge is 0.495 e. The summed E-state index contributed by atoms with van der Waals surface area (Å²) in [5.41, 5.74) is 0.752. The Bertz CT molecular complexity index is 612. The van der Waals surface area contributed by atoms with Gasteiger partial charge >= 0.3 is 6.03 Å². The molecule has 6 nitrogen and oxygen atoms in total. The van der Waals surface area contributed by atoms with Gasteiger partial charge in [-0.3, -0.25) is 9.69 Å². The molecule has 0 bridgehead atoms. The Morgan fingerprint density at radius 2 is 1.88 bits per heavy atom. The highest BCUT2D eigenvalue weighted by Crippen LogP contribution is 2.30. The van der Waals surface area contributed by atoms with Gasteiger partial charge in [0.1, 0.15) is 12.3 Å². The standard InChI is InChI=1S/C19H27N3O3/c1-25-17-11-7-6-10-16(17)22-13-12-21(19(22)24)14-18(23)20-15-8-4-2-3-5-9-15/h6-7,10-11,15H,2-5,8-9,12-14H2,1H3,(H,20,23). The van der Waals surface area contributed by atoms with Gasteiger partial charge in [-0.2, -0.15) is 0 Å². The number of carbonyl (C=O) groups excluding carboxylic acids is 2. The summed E-state index contributed by atoms with van der Waals surface area (Å²) in [5, 5.41) is 3.11. The van der Waals surface area contributed by atoms with Gasteiger partial charge in [-0.15, -0.1) is 0 Å². The van der Waals surface area contributed by atoms with Gasteiger partial charge in [0.05, 0.1) is 12.8 Å². The number of anilines is 1. The summed E-state index contributed by atoms with van der Waals surface area (Å²) in [4.78, 5) is 28.3. The zero-order valence-electron chi connectivity index (χ0n) is 14.9. The molecule has 1 aliphatic heterocycles. The van der Waals surface area contributed by atoms with Crippen LogP contribution in [0.15, 0.2) is 24.3 Å². The van der Waals surface area contributed by atoms with Crippen molar-refractivity contribution < 1.29 is 14.3 Å². The lowest BCUT2D eigenvalue weighted by Crippen LogP contribution is -2.43. The predicted octanol–water partition coefficient (Wildman–Crippen LogP) is 2.78. The molecule has 1 aliphatic carbocycles. The van der Waals surface area contributed by atoms with Crippen LogP contribution in [-0.4, -0.2) is 49.6 Å². The number of rotatable bonds is 5. The third-order valence-corrected chi connectivity index (χ3v) is 5.03. The minimum Gasteiger partial charge on any atom is -0.495 e. The van der Waals surface area contributed by atoms with Crippen molar-refractivity contribution in [1.29, 1.82) is 0 Å². The molecule has 1 saturated heterocycles. The first-order valence-electron chi connectivity index (χ1n) is 9.18. The van der Waals surface area contributed by atoms with Crippen LogP contribution in [0.5, 0.6) is 5.75 Å². The number of nitrogens with zero attached hydrogens (tertiary/aromatic N) is 2. The van der Waals surface area contributed by atoms with Crippen molar-refractivity contribution in [3.8, 4) is 5.75 Å². The van der Waals surface area contributed by atoms with E-state index in [1.165, 1.54) is 25.7 Å². The summed E-state index contributed by atoms with van der Waals surface area (Å²) in [6.45, 7) is 1.24. The van der Waals surface area contributed by atoms with E-state index in [1.807, 2.05) is 24.3 Å². The molecule has 6 heteroatoms. The summed E-state index contributed by atoms with van der Waals surface area (Å²) in [5.74, 6) is 0.614. The van der Waals surface area contributed by atoms with Crippen LogP contribution in [0.25, 0.3) is 0 Å². The fourth-order valence-electron chi connectivity index (χ4n) is 3.68. The SMILES string of the molecule is COc1ccccc1N1CCN(CC(=O)NC2CCCCCC2)C1=O. The van der Waals surface area contributed by atoms with Gasteiger partial charge in [-0.1, -0.05) is 37.8 Å². The molecule has 1 saturated carbocycles. The van der Waals surface area contributed by atoms with Crippen molar-refractivity contribution in [1.82, 2.24) is 10.2 Å². The average Bonchev–Trinajstić information content (AvgIpc) is 2.82. The van der Waals surface area contributed by atoms with E-state index in [-0.39, 0.29) is 24.5 Å². The van der Waals surface area contributed by atoms with E-state index in [0.717, 1.165) is 18.5 Å². The second-order valence-electron chi connectivity index (χ2n) is 6.78. The number of hydrogen-bond donors (Lipinski definition) is 1. The molecular weight excluding hydrogens is 318 g/mol. The van der Waals surface area contributed by atoms with Crippen LogP contribution < -0.4 is 15.0 Å². The Hall–Kier alpha value is -2.24. The molecule has 1 heterocycles. The summed E-state index contributed by atoms with van der Waals surface area (Å²) < 4.78 is 5.34. The van der Waals surface area contributed by atoms with Crippen molar-refractivity contribution in [2.24, 2.45) is 0 Å². The third kappa shape index (κ3) is 4.24. The molecule has 2 fully saturated rings. The predicted molar refractivity (Wildman–Crippen MR) is 96.9 cm³/mol. The molecule has 1 aromatic carbocycles. The Balaban J connectivity index is 1.57. The molecule has 25 heavy (non-hydrogen) atoms. The molecule has 0 unspecified atom stereocenters. The number of nitrogens with one attached hydrogen (secondary N) is 1. The number of para-hydroxylation sites is 2. The number of carbonyl (C=O) groups is 2. The van der Waals surface area contributed by atoms with Crippen molar-refractivity contribution in [3.05, 3.63) is 24.3 Å². The molecular formula is C19H27N3O3. The number of benzene rings is 1. The third-order valence-electron chi connectivity index (χ3n) is 5.03. The Labute approximate surface area is 149 Å². The number of methoxy groups -OCH3 is 1. The lowest BCUT2D eigenvalue weighted by Gasteiger charge is -2.21. The average molecular weight is 345 g/mol. The Morgan fingerprint density at radius 3 is 2.60 bits per heavy atom. The Kier molecular flexibility index (Phi) is 5.79. The molecule has 0 aromatic heterocycles. The normalized spacial score (nSPS) is 19.0. The quantitative estimate of drug-likeness (QED) is 0.835. The van der Waals surface area contributed by atoms with E-state index in [4.69, 9.17) is 4.74 Å². The fourth-order valence-corrected chi connectivity index (χ4v) is 3.68. The monoisotopic (exact) mass is 345 g/mol. The minimum absolute atomic E-state index is 0.0536. The smallest absolute Gasteiger partial charge is 0.325 e. The van der Waals surface area contributed by atoms with Gasteiger partial charge in [0, 0.05) is 19.1 Å². The van der Waals surface area contributed by atoms with E-state index in [0.29, 0.717) is 18.8 Å². The Morgan fingerprint density at radius 1 is 1.16 bits per heavy atom. The summed E-state index contributed by atoms with van der Waals surface area (Å²) >= 11 is 0. The molecule has 3 amide bonds. The number of ether oxygens (including phenoxy) is 1. The second kappa shape index (κ2) is 8.23. The van der Waals surface area contributed by atoms with E-state index < -0.39 is 0 Å². The highest BCUT2D eigenvalue weighted by atomic mass is 16.5. The molecule has 1 N–H and O–H groups in total. The maximum absolute atomic E-state index is 12.7. The highest BCUT2D eigenvalue weighted by Gasteiger charge is 2.32. The summed E-state index contributed by atoms with van der Waals surface area (Å²) in [6.07, 6.45) is 6.96. The topological polar surface area (TPSA) is 61.9 Å². The van der Waals surface area contributed by atoms with Gasteiger partial charge in [0.2, 0.25) is 5.91 Å². The molecule has 3 rings (SSSR count). The fraction of sp³-hybridized carbons (Fsp3) is 0.579. The van der Waals surface area contributed by atoms with E-state index in [9.17, 15) is 9.59 Å². The molecule has 0 radical (unpaired) electrons. The first-order chi connectivity index (χ1) is 12.2. The van der Waals surface area contributed by atoms with Crippen LogP contribution in [-0.2, 0) is 4.79 Å². The van der Waals surface area contributed by atoms with Crippen LogP contribution in [0.2, 0.25) is 0 Å². The van der Waals surface area contributed by atoms with Gasteiger partial charge in [-0.05, 0) is 25.0 Å². The van der Waals surface area contributed by atoms with Crippen molar-refractivity contribution >= 4 is 17.6 Å². The van der Waals surface area contributed by atoms with Crippen LogP contribution >= 0.6 is 0 Å². The van der Waals surface area contributed by atoms with Gasteiger partial charge in [-0.25, -0.2) is 4.79 Å². The first kappa shape index (κ1) is 17.6. The zero-order chi connectivity index (χ0) is 17.6. The molecule has 1 aromatic rings. The van der Waals surface area contributed by atoms with Gasteiger partial charge in [0.25, 0.3) is 0 Å². The summed E-state index contributed by atoms with van der Waals surface area (Å²) in [7, 11) is 1.59. The van der Waals surface area contributed by atoms with E-state index in [1.54, 1.807) is 16.9 Å². The van der Waals surface area contributed by atoms with Crippen LogP contribution in [0.1, 0.15) is 38.5 Å². The minimum atomic E-state index is -0.138. The summed E-state index contributed by atoms with van der Waals surface area (Å²) in [6, 6.07) is 7.59. The lowest BCUT2D eigenvalue weighted by molar-refractivity contribution is -0.122. The van der Waals surface area contributed by atoms with Crippen LogP contribution in [0.4, 0.5) is 10.5 Å². The maximum Gasteiger partial charge on any atom is 0.325 e. The van der Waals surface area contributed by atoms with Crippen molar-refractivity contribution in [3.63, 3.8) is 0 Å². The number of amides is 3. The van der Waals surface area contributed by atoms with Gasteiger partial charge in [0.15, 0.2) is 0 Å². The molecule has 136 valence electrons. The van der Waals surface area contributed by atoms with Crippen LogP contribution in [0, 0.1) is 0 Å². The number of hydrogen-bond acceptors (Lipinski definition) is 3. The van der Waals surface area contributed by atoms with Crippen molar-refractivity contribution in [2.45, 2.75) is 44.6 Å². The van der Waals surface area contributed by atoms with Gasteiger partial charge < -0.3 is 15.0 Å². The lowest BCUT2D eigenvalue weighted by atomic mass is 10.1. The zero-order valence-corrected chi connectivity index (χ0v) is 14.9. The van der Waals surface area contributed by atoms with Crippen molar-refractivity contribution in [2.75, 3.05) is 31.6 Å². The molecule has 0 atom stereocenters. The number of urea groups is 1. The second-order valence-corrected chi connectivity index (χ2v) is 6.78. The van der Waals surface area contributed by atoms with Crippen LogP contribution in [0.3, 0.4) is 0 Å².